The zero-order valence-corrected chi connectivity index (χ0v) is 9.90. The van der Waals surface area contributed by atoms with Gasteiger partial charge in [0.2, 0.25) is 0 Å². The van der Waals surface area contributed by atoms with Gasteiger partial charge in [0.25, 0.3) is 0 Å². The van der Waals surface area contributed by atoms with Gasteiger partial charge >= 0.3 is 37.7 Å². The van der Waals surface area contributed by atoms with Crippen LogP contribution in [0.15, 0.2) is 24.8 Å². The number of carbonyl (C=O) groups excluding carboxylic acids is 2. The molecule has 0 heterocycles. The van der Waals surface area contributed by atoms with Gasteiger partial charge in [-0.2, -0.15) is 0 Å². The molecule has 0 aliphatic rings. The topological polar surface area (TPSA) is 100 Å². The van der Waals surface area contributed by atoms with Crippen LogP contribution in [0, 0.1) is 0 Å². The molecule has 0 unspecified atom stereocenters. The first-order valence-electron chi connectivity index (χ1n) is 3.29. The maximum Gasteiger partial charge on any atom is 2.00 e. The molecule has 0 aliphatic heterocycles. The van der Waals surface area contributed by atoms with E-state index in [4.69, 9.17) is 15.0 Å². The Labute approximate surface area is 112 Å². The van der Waals surface area contributed by atoms with Crippen molar-refractivity contribution in [3.63, 3.8) is 0 Å². The van der Waals surface area contributed by atoms with Gasteiger partial charge in [-0.1, -0.05) is 13.2 Å². The second-order valence-electron chi connectivity index (χ2n) is 1.89. The van der Waals surface area contributed by atoms with E-state index in [-0.39, 0.29) is 56.3 Å². The molecule has 0 saturated heterocycles. The van der Waals surface area contributed by atoms with Crippen molar-refractivity contribution >= 4 is 49.7 Å². The van der Waals surface area contributed by atoms with Gasteiger partial charge in [-0.05, 0) is 18.1 Å². The zero-order valence-electron chi connectivity index (χ0n) is 7.69. The van der Waals surface area contributed by atoms with Crippen LogP contribution in [0.1, 0.15) is 6.42 Å². The largest absolute Gasteiger partial charge is 2.00 e. The molecule has 6 heteroatoms. The third-order valence-corrected chi connectivity index (χ3v) is 0.869. The van der Waals surface area contributed by atoms with Crippen LogP contribution in [0.2, 0.25) is 0 Å². The summed E-state index contributed by atoms with van der Waals surface area (Å²) in [6.07, 6.45) is 0.808. The summed E-state index contributed by atoms with van der Waals surface area (Å²) in [7, 11) is 0. The molecule has 0 aromatic rings. The van der Waals surface area contributed by atoms with E-state index in [1.807, 2.05) is 0 Å². The number of carbonyl (C=O) groups is 2. The summed E-state index contributed by atoms with van der Waals surface area (Å²) >= 11 is 0. The predicted octanol–water partition coefficient (Wildman–Crippen LogP) is -2.78. The van der Waals surface area contributed by atoms with Crippen molar-refractivity contribution in [2.75, 3.05) is 6.61 Å². The fraction of sp³-hybridized carbons (Fsp3) is 0.250. The summed E-state index contributed by atoms with van der Waals surface area (Å²) in [5, 5.41) is 27.0. The summed E-state index contributed by atoms with van der Waals surface area (Å²) in [6, 6.07) is 0. The normalized spacial score (nSPS) is 7.21. The van der Waals surface area contributed by atoms with Crippen molar-refractivity contribution in [3.8, 4) is 0 Å². The van der Waals surface area contributed by atoms with E-state index in [0.29, 0.717) is 0 Å². The third kappa shape index (κ3) is 17.7. The average molecular weight is 226 g/mol. The Kier molecular flexibility index (Phi) is 17.4. The van der Waals surface area contributed by atoms with Gasteiger partial charge in [0.15, 0.2) is 0 Å². The van der Waals surface area contributed by atoms with Gasteiger partial charge in [-0.3, -0.25) is 0 Å². The van der Waals surface area contributed by atoms with Gasteiger partial charge < -0.3 is 24.9 Å². The molecular weight excluding hydrogens is 216 g/mol. The number of aliphatic carboxylic acids is 2. The number of hydrogen-bond donors (Lipinski definition) is 1. The van der Waals surface area contributed by atoms with Crippen molar-refractivity contribution in [1.29, 1.82) is 0 Å². The Balaban J connectivity index is -0.000000177. The number of carboxylic acids is 2. The van der Waals surface area contributed by atoms with E-state index >= 15 is 0 Å². The van der Waals surface area contributed by atoms with E-state index in [9.17, 15) is 9.90 Å². The first-order valence-corrected chi connectivity index (χ1v) is 3.29. The van der Waals surface area contributed by atoms with Crippen molar-refractivity contribution in [2.24, 2.45) is 0 Å². The number of aliphatic hydroxyl groups is 1. The first kappa shape index (κ1) is 19.2. The molecule has 0 amide bonds. The Hall–Kier alpha value is -0.360. The third-order valence-electron chi connectivity index (χ3n) is 0.869. The number of hydrogen-bond acceptors (Lipinski definition) is 5. The van der Waals surface area contributed by atoms with Crippen LogP contribution in [0.25, 0.3) is 0 Å². The average Bonchev–Trinajstić information content (AvgIpc) is 2.06. The minimum atomic E-state index is -1.29. The van der Waals surface area contributed by atoms with E-state index < -0.39 is 11.9 Å². The summed E-state index contributed by atoms with van der Waals surface area (Å²) < 4.78 is 0. The maximum atomic E-state index is 9.77. The van der Waals surface area contributed by atoms with Crippen LogP contribution in [0.3, 0.4) is 0 Å². The number of rotatable bonds is 4. The molecule has 14 heavy (non-hydrogen) atoms. The molecule has 0 atom stereocenters. The summed E-state index contributed by atoms with van der Waals surface area (Å²) in [4.78, 5) is 18.9. The molecule has 1 N–H and O–H groups in total. The quantitative estimate of drug-likeness (QED) is 0.412. The Bertz CT molecular complexity index is 212. The SMILES string of the molecule is C=C(CCO)C(=O)[O-].C=CC(=O)[O-].[Ca+2]. The monoisotopic (exact) mass is 226 g/mol. The minimum absolute atomic E-state index is 0. The van der Waals surface area contributed by atoms with E-state index in [0.717, 1.165) is 6.08 Å². The molecule has 0 radical (unpaired) electrons. The molecule has 0 fully saturated rings. The molecule has 0 spiro atoms. The van der Waals surface area contributed by atoms with Gasteiger partial charge in [0.1, 0.15) is 0 Å². The predicted molar refractivity (Wildman–Crippen MR) is 46.8 cm³/mol. The van der Waals surface area contributed by atoms with Crippen LogP contribution >= 0.6 is 0 Å². The fourth-order valence-electron chi connectivity index (χ4n) is 0.237. The molecule has 0 aromatic heterocycles. The standard InChI is InChI=1S/C5H8O3.C3H4O2.Ca/c1-4(2-3-6)5(7)8;1-2-3(4)5;/h6H,1-3H2,(H,7,8);2H,1H2,(H,4,5);/q;;+2/p-2. The number of carboxylic acid groups (broad SMARTS) is 2. The van der Waals surface area contributed by atoms with E-state index in [1.54, 1.807) is 0 Å². The van der Waals surface area contributed by atoms with Gasteiger partial charge in [-0.25, -0.2) is 0 Å². The van der Waals surface area contributed by atoms with Gasteiger partial charge in [-0.15, -0.1) is 0 Å². The van der Waals surface area contributed by atoms with Gasteiger partial charge in [0.05, 0.1) is 11.9 Å². The molecule has 0 aliphatic carbocycles. The van der Waals surface area contributed by atoms with Crippen molar-refractivity contribution in [1.82, 2.24) is 0 Å². The second kappa shape index (κ2) is 12.6. The summed E-state index contributed by atoms with van der Waals surface area (Å²) in [5.41, 5.74) is -0.0625. The van der Waals surface area contributed by atoms with Crippen LogP contribution in [0.4, 0.5) is 0 Å². The minimum Gasteiger partial charge on any atom is -0.545 e. The van der Waals surface area contributed by atoms with Gasteiger partial charge in [0, 0.05) is 6.61 Å². The van der Waals surface area contributed by atoms with Crippen molar-refractivity contribution < 1.29 is 24.9 Å². The fourth-order valence-corrected chi connectivity index (χ4v) is 0.237. The maximum absolute atomic E-state index is 9.77. The second-order valence-corrected chi connectivity index (χ2v) is 1.89. The van der Waals surface area contributed by atoms with Crippen molar-refractivity contribution in [2.45, 2.75) is 6.42 Å². The molecule has 0 bridgehead atoms. The smallest absolute Gasteiger partial charge is 0.545 e. The Morgan fingerprint density at radius 1 is 1.36 bits per heavy atom. The van der Waals surface area contributed by atoms with E-state index in [2.05, 4.69) is 13.2 Å². The Morgan fingerprint density at radius 3 is 1.79 bits per heavy atom. The zero-order chi connectivity index (χ0) is 10.9. The molecule has 5 nitrogen and oxygen atoms in total. The summed E-state index contributed by atoms with van der Waals surface area (Å²) in [6.45, 7) is 5.83. The molecule has 74 valence electrons. The molecule has 0 rings (SSSR count). The molecule has 0 aromatic carbocycles. The van der Waals surface area contributed by atoms with Crippen LogP contribution < -0.4 is 10.2 Å². The van der Waals surface area contributed by atoms with Crippen LogP contribution in [0.5, 0.6) is 0 Å². The van der Waals surface area contributed by atoms with E-state index in [1.165, 1.54) is 0 Å². The molecular formula is C8H10CaO5. The number of aliphatic hydroxyl groups excluding tert-OH is 1. The Morgan fingerprint density at radius 2 is 1.71 bits per heavy atom. The van der Waals surface area contributed by atoms with Crippen molar-refractivity contribution in [3.05, 3.63) is 24.8 Å². The molecule has 0 saturated carbocycles. The van der Waals surface area contributed by atoms with Crippen LogP contribution in [-0.2, 0) is 9.59 Å². The summed E-state index contributed by atoms with van der Waals surface area (Å²) in [5.74, 6) is -2.52. The first-order chi connectivity index (χ1) is 5.95. The van der Waals surface area contributed by atoms with Crippen LogP contribution in [-0.4, -0.2) is 61.4 Å².